The summed E-state index contributed by atoms with van der Waals surface area (Å²) in [5, 5.41) is 7.27. The maximum Gasteiger partial charge on any atom is 0.245 e. The lowest BCUT2D eigenvalue weighted by atomic mass is 9.92. The third-order valence-corrected chi connectivity index (χ3v) is 8.09. The number of nitrogens with one attached hydrogen (secondary N) is 1. The second-order valence-electron chi connectivity index (χ2n) is 9.55. The van der Waals surface area contributed by atoms with Crippen LogP contribution in [-0.2, 0) is 9.59 Å². The molecule has 0 aliphatic carbocycles. The average Bonchev–Trinajstić information content (AvgIpc) is 3.57. The van der Waals surface area contributed by atoms with Crippen LogP contribution in [0, 0.1) is 0 Å². The predicted molar refractivity (Wildman–Crippen MR) is 143 cm³/mol. The molecule has 10 heteroatoms. The highest BCUT2D eigenvalue weighted by atomic mass is 79.9. The minimum atomic E-state index is -0.392. The Morgan fingerprint density at radius 1 is 1.03 bits per heavy atom. The van der Waals surface area contributed by atoms with Gasteiger partial charge in [0.05, 0.1) is 22.1 Å². The van der Waals surface area contributed by atoms with Gasteiger partial charge in [-0.1, -0.05) is 36.4 Å². The highest BCUT2D eigenvalue weighted by molar-refractivity contribution is 9.10. The number of aromatic nitrogens is 4. The number of fused-ring (bicyclic) bond motifs is 1. The topological polar surface area (TPSA) is 119 Å². The molecule has 0 spiro atoms. The van der Waals surface area contributed by atoms with Gasteiger partial charge in [-0.05, 0) is 41.3 Å². The van der Waals surface area contributed by atoms with Gasteiger partial charge in [-0.2, -0.15) is 9.61 Å². The van der Waals surface area contributed by atoms with E-state index >= 15 is 0 Å². The second kappa shape index (κ2) is 9.59. The highest BCUT2D eigenvalue weighted by Crippen LogP contribution is 2.37. The van der Waals surface area contributed by atoms with Crippen LogP contribution in [-0.4, -0.2) is 55.4 Å². The highest BCUT2D eigenvalue weighted by Gasteiger charge is 2.34. The number of anilines is 1. The van der Waals surface area contributed by atoms with Gasteiger partial charge in [0, 0.05) is 48.3 Å². The normalized spacial score (nSPS) is 18.4. The zero-order chi connectivity index (χ0) is 25.5. The van der Waals surface area contributed by atoms with Crippen LogP contribution < -0.4 is 11.1 Å². The molecule has 0 bridgehead atoms. The standard InChI is InChI=1S/C27H26BrN7O2/c28-23-24(17-10-12-34(13-11-17)27(37)21-8-9-22(36)32-21)33-26-19(15-31-35(26)25(23)29)18-6-7-20(30-14-18)16-4-2-1-3-5-16/h1-7,14-15,17,21H,8-13,29H2,(H,32,36)/t21-/m1/s1. The molecule has 37 heavy (non-hydrogen) atoms. The first-order valence-corrected chi connectivity index (χ1v) is 13.2. The molecule has 2 aliphatic heterocycles. The number of carbonyl (C=O) groups excluding carboxylic acids is 2. The van der Waals surface area contributed by atoms with Gasteiger partial charge < -0.3 is 16.0 Å². The van der Waals surface area contributed by atoms with Gasteiger partial charge in [-0.3, -0.25) is 14.6 Å². The minimum absolute atomic E-state index is 0.0100. The Morgan fingerprint density at radius 3 is 2.49 bits per heavy atom. The molecular weight excluding hydrogens is 534 g/mol. The Bertz CT molecular complexity index is 1480. The van der Waals surface area contributed by atoms with E-state index in [1.165, 1.54) is 0 Å². The quantitative estimate of drug-likeness (QED) is 0.392. The lowest BCUT2D eigenvalue weighted by molar-refractivity contribution is -0.135. The Hall–Kier alpha value is -3.79. The molecule has 0 unspecified atom stereocenters. The summed E-state index contributed by atoms with van der Waals surface area (Å²) in [7, 11) is 0. The zero-order valence-corrected chi connectivity index (χ0v) is 21.7. The summed E-state index contributed by atoms with van der Waals surface area (Å²) in [6, 6.07) is 13.7. The Kier molecular flexibility index (Phi) is 6.11. The smallest absolute Gasteiger partial charge is 0.245 e. The maximum absolute atomic E-state index is 12.8. The molecule has 4 aromatic rings. The van der Waals surface area contributed by atoms with E-state index in [1.807, 2.05) is 53.6 Å². The van der Waals surface area contributed by atoms with Crippen molar-refractivity contribution in [3.63, 3.8) is 0 Å². The van der Waals surface area contributed by atoms with Crippen molar-refractivity contribution in [2.45, 2.75) is 37.6 Å². The van der Waals surface area contributed by atoms with E-state index in [0.717, 1.165) is 45.4 Å². The van der Waals surface area contributed by atoms with E-state index < -0.39 is 6.04 Å². The number of likely N-dealkylation sites (tertiary alicyclic amines) is 1. The summed E-state index contributed by atoms with van der Waals surface area (Å²) < 4.78 is 2.38. The molecular formula is C27H26BrN7O2. The van der Waals surface area contributed by atoms with Crippen molar-refractivity contribution in [2.75, 3.05) is 18.8 Å². The van der Waals surface area contributed by atoms with Gasteiger partial charge in [0.1, 0.15) is 11.9 Å². The first kappa shape index (κ1) is 23.6. The Balaban J connectivity index is 1.25. The Morgan fingerprint density at radius 2 is 1.81 bits per heavy atom. The summed E-state index contributed by atoms with van der Waals surface area (Å²) in [5.74, 6) is 0.597. The molecule has 3 aromatic heterocycles. The number of piperidine rings is 1. The number of amides is 2. The molecule has 188 valence electrons. The molecule has 1 aromatic carbocycles. The van der Waals surface area contributed by atoms with Gasteiger partial charge in [-0.15, -0.1) is 0 Å². The van der Waals surface area contributed by atoms with Crippen LogP contribution in [0.15, 0.2) is 59.3 Å². The lowest BCUT2D eigenvalue weighted by Crippen LogP contribution is -2.47. The first-order valence-electron chi connectivity index (χ1n) is 12.4. The first-order chi connectivity index (χ1) is 18.0. The minimum Gasteiger partial charge on any atom is -0.383 e. The second-order valence-corrected chi connectivity index (χ2v) is 10.3. The van der Waals surface area contributed by atoms with Gasteiger partial charge in [-0.25, -0.2) is 4.98 Å². The summed E-state index contributed by atoms with van der Waals surface area (Å²) in [6.45, 7) is 1.23. The third kappa shape index (κ3) is 4.35. The number of nitrogens with zero attached hydrogens (tertiary/aromatic N) is 5. The van der Waals surface area contributed by atoms with Crippen molar-refractivity contribution in [1.29, 1.82) is 0 Å². The number of hydrogen-bond donors (Lipinski definition) is 2. The van der Waals surface area contributed by atoms with Gasteiger partial charge in [0.2, 0.25) is 11.8 Å². The van der Waals surface area contributed by atoms with Crippen molar-refractivity contribution >= 4 is 39.2 Å². The molecule has 2 amide bonds. The number of rotatable bonds is 4. The fourth-order valence-corrected chi connectivity index (χ4v) is 5.79. The van der Waals surface area contributed by atoms with E-state index in [1.54, 1.807) is 10.7 Å². The van der Waals surface area contributed by atoms with E-state index in [0.29, 0.717) is 37.4 Å². The van der Waals surface area contributed by atoms with Crippen molar-refractivity contribution in [3.8, 4) is 22.4 Å². The summed E-state index contributed by atoms with van der Waals surface area (Å²) >= 11 is 3.65. The van der Waals surface area contributed by atoms with E-state index in [4.69, 9.17) is 10.7 Å². The summed E-state index contributed by atoms with van der Waals surface area (Å²) in [5.41, 5.74) is 11.8. The molecule has 0 radical (unpaired) electrons. The van der Waals surface area contributed by atoms with Crippen LogP contribution in [0.3, 0.4) is 0 Å². The molecule has 3 N–H and O–H groups in total. The average molecular weight is 560 g/mol. The molecule has 5 heterocycles. The monoisotopic (exact) mass is 559 g/mol. The molecule has 6 rings (SSSR count). The molecule has 0 saturated carbocycles. The largest absolute Gasteiger partial charge is 0.383 e. The molecule has 2 aliphatic rings. The summed E-state index contributed by atoms with van der Waals surface area (Å²) in [6.07, 6.45) is 6.13. The fourth-order valence-electron chi connectivity index (χ4n) is 5.21. The van der Waals surface area contributed by atoms with E-state index in [9.17, 15) is 9.59 Å². The van der Waals surface area contributed by atoms with Crippen LogP contribution in [0.1, 0.15) is 37.3 Å². The van der Waals surface area contributed by atoms with Crippen LogP contribution in [0.2, 0.25) is 0 Å². The van der Waals surface area contributed by atoms with Crippen LogP contribution in [0.25, 0.3) is 28.0 Å². The van der Waals surface area contributed by atoms with Crippen molar-refractivity contribution < 1.29 is 9.59 Å². The van der Waals surface area contributed by atoms with Gasteiger partial charge in [0.15, 0.2) is 5.65 Å². The molecule has 1 atom stereocenters. The number of halogens is 1. The lowest BCUT2D eigenvalue weighted by Gasteiger charge is -2.33. The van der Waals surface area contributed by atoms with Crippen molar-refractivity contribution in [1.82, 2.24) is 29.8 Å². The SMILES string of the molecule is Nc1c(Br)c(C2CCN(C(=O)[C@H]3CCC(=O)N3)CC2)nc2c(-c3ccc(-c4ccccc4)nc3)cnn12. The zero-order valence-electron chi connectivity index (χ0n) is 20.1. The Labute approximate surface area is 222 Å². The van der Waals surface area contributed by atoms with Gasteiger partial charge in [0.25, 0.3) is 0 Å². The molecule has 2 saturated heterocycles. The number of nitrogens with two attached hydrogens (primary N) is 1. The number of carbonyl (C=O) groups is 2. The maximum atomic E-state index is 12.8. The van der Waals surface area contributed by atoms with Crippen LogP contribution >= 0.6 is 15.9 Å². The molecule has 2 fully saturated rings. The van der Waals surface area contributed by atoms with Crippen LogP contribution in [0.4, 0.5) is 5.82 Å². The van der Waals surface area contributed by atoms with Crippen molar-refractivity contribution in [3.05, 3.63) is 65.0 Å². The van der Waals surface area contributed by atoms with Crippen LogP contribution in [0.5, 0.6) is 0 Å². The number of benzene rings is 1. The van der Waals surface area contributed by atoms with Crippen molar-refractivity contribution in [2.24, 2.45) is 0 Å². The predicted octanol–water partition coefficient (Wildman–Crippen LogP) is 3.79. The molecule has 9 nitrogen and oxygen atoms in total. The summed E-state index contributed by atoms with van der Waals surface area (Å²) in [4.78, 5) is 35.9. The third-order valence-electron chi connectivity index (χ3n) is 7.28. The number of pyridine rings is 1. The van der Waals surface area contributed by atoms with Gasteiger partial charge >= 0.3 is 0 Å². The van der Waals surface area contributed by atoms with E-state index in [2.05, 4.69) is 31.3 Å². The van der Waals surface area contributed by atoms with E-state index in [-0.39, 0.29) is 17.7 Å². The fraction of sp³-hybridized carbons (Fsp3) is 0.296. The number of hydrogen-bond acceptors (Lipinski definition) is 6. The number of nitrogen functional groups attached to an aromatic ring is 1.